The molecule has 0 spiro atoms. The highest BCUT2D eigenvalue weighted by atomic mass is 32.2. The molecule has 0 aliphatic carbocycles. The Labute approximate surface area is 105 Å². The molecule has 2 heterocycles. The van der Waals surface area contributed by atoms with Gasteiger partial charge in [0, 0.05) is 12.2 Å². The highest BCUT2D eigenvalue weighted by molar-refractivity contribution is 7.91. The monoisotopic (exact) mass is 270 g/mol. The molecule has 1 saturated heterocycles. The molecule has 1 fully saturated rings. The fraction of sp³-hybridized carbons (Fsp3) is 0.455. The molecule has 1 aromatic heterocycles. The number of pyridine rings is 1. The molecule has 1 atom stereocenters. The van der Waals surface area contributed by atoms with Crippen LogP contribution in [0.25, 0.3) is 0 Å². The third-order valence-corrected chi connectivity index (χ3v) is 4.62. The Morgan fingerprint density at radius 3 is 2.94 bits per heavy atom. The van der Waals surface area contributed by atoms with Gasteiger partial charge in [-0.15, -0.1) is 0 Å². The summed E-state index contributed by atoms with van der Waals surface area (Å²) in [5.74, 6) is -0.635. The van der Waals surface area contributed by atoms with Crippen molar-refractivity contribution in [3.8, 4) is 5.75 Å². The van der Waals surface area contributed by atoms with E-state index in [1.54, 1.807) is 0 Å². The van der Waals surface area contributed by atoms with Gasteiger partial charge in [0.1, 0.15) is 5.75 Å². The van der Waals surface area contributed by atoms with Gasteiger partial charge in [-0.05, 0) is 25.0 Å². The van der Waals surface area contributed by atoms with E-state index < -0.39 is 21.8 Å². The Balaban J connectivity index is 2.06. The highest BCUT2D eigenvalue weighted by Crippen LogP contribution is 2.15. The van der Waals surface area contributed by atoms with Crippen LogP contribution in [-0.4, -0.2) is 42.0 Å². The maximum absolute atomic E-state index is 11.8. The van der Waals surface area contributed by atoms with Crippen molar-refractivity contribution >= 4 is 15.7 Å². The normalized spacial score (nSPS) is 22.3. The average molecular weight is 270 g/mol. The fourth-order valence-corrected chi connectivity index (χ4v) is 3.60. The maximum atomic E-state index is 11.8. The SMILES string of the molecule is O=C(NC1CCCS(=O)(=O)C1)c1ncccc1O. The van der Waals surface area contributed by atoms with Crippen LogP contribution in [0.15, 0.2) is 18.3 Å². The van der Waals surface area contributed by atoms with Gasteiger partial charge in [0.15, 0.2) is 15.5 Å². The van der Waals surface area contributed by atoms with Crippen LogP contribution in [0, 0.1) is 0 Å². The number of carbonyl (C=O) groups is 1. The lowest BCUT2D eigenvalue weighted by Crippen LogP contribution is -2.43. The molecule has 2 rings (SSSR count). The van der Waals surface area contributed by atoms with Crippen molar-refractivity contribution in [3.63, 3.8) is 0 Å². The zero-order chi connectivity index (χ0) is 13.2. The molecule has 1 aliphatic heterocycles. The Kier molecular flexibility index (Phi) is 3.51. The van der Waals surface area contributed by atoms with Crippen LogP contribution < -0.4 is 5.32 Å². The van der Waals surface area contributed by atoms with E-state index in [1.165, 1.54) is 18.3 Å². The highest BCUT2D eigenvalue weighted by Gasteiger charge is 2.26. The maximum Gasteiger partial charge on any atom is 0.273 e. The lowest BCUT2D eigenvalue weighted by Gasteiger charge is -2.22. The first-order chi connectivity index (χ1) is 8.48. The standard InChI is InChI=1S/C11H14N2O4S/c14-9-4-1-5-12-10(9)11(15)13-8-3-2-6-18(16,17)7-8/h1,4-5,8,14H,2-3,6-7H2,(H,13,15). The lowest BCUT2D eigenvalue weighted by atomic mass is 10.2. The molecule has 2 N–H and O–H groups in total. The molecule has 6 nitrogen and oxygen atoms in total. The minimum Gasteiger partial charge on any atom is -0.505 e. The van der Waals surface area contributed by atoms with Gasteiger partial charge >= 0.3 is 0 Å². The summed E-state index contributed by atoms with van der Waals surface area (Å²) >= 11 is 0. The zero-order valence-corrected chi connectivity index (χ0v) is 10.5. The van der Waals surface area contributed by atoms with Gasteiger partial charge in [-0.25, -0.2) is 13.4 Å². The number of sulfone groups is 1. The molecule has 0 aromatic carbocycles. The second kappa shape index (κ2) is 4.93. The number of nitrogens with one attached hydrogen (secondary N) is 1. The molecule has 1 unspecified atom stereocenters. The summed E-state index contributed by atoms with van der Waals surface area (Å²) in [6, 6.07) is 2.47. The van der Waals surface area contributed by atoms with Crippen LogP contribution in [0.5, 0.6) is 5.75 Å². The number of hydrogen-bond acceptors (Lipinski definition) is 5. The topological polar surface area (TPSA) is 96.4 Å². The molecule has 1 amide bonds. The number of carbonyl (C=O) groups excluding carboxylic acids is 1. The first-order valence-corrected chi connectivity index (χ1v) is 7.45. The number of aromatic hydroxyl groups is 1. The third-order valence-electron chi connectivity index (χ3n) is 2.80. The summed E-state index contributed by atoms with van der Waals surface area (Å²) in [4.78, 5) is 15.6. The minimum absolute atomic E-state index is 0.0493. The van der Waals surface area contributed by atoms with Crippen molar-refractivity contribution in [2.75, 3.05) is 11.5 Å². The Morgan fingerprint density at radius 2 is 2.28 bits per heavy atom. The van der Waals surface area contributed by atoms with Gasteiger partial charge in [0.05, 0.1) is 11.5 Å². The molecule has 18 heavy (non-hydrogen) atoms. The summed E-state index contributed by atoms with van der Waals surface area (Å²) in [5, 5.41) is 12.1. The smallest absolute Gasteiger partial charge is 0.273 e. The summed E-state index contributed by atoms with van der Waals surface area (Å²) in [6.07, 6.45) is 2.56. The number of hydrogen-bond donors (Lipinski definition) is 2. The molecule has 0 saturated carbocycles. The van der Waals surface area contributed by atoms with E-state index in [0.29, 0.717) is 12.8 Å². The second-order valence-corrected chi connectivity index (χ2v) is 6.53. The van der Waals surface area contributed by atoms with E-state index >= 15 is 0 Å². The predicted molar refractivity (Wildman–Crippen MR) is 65.0 cm³/mol. The van der Waals surface area contributed by atoms with Gasteiger partial charge in [-0.1, -0.05) is 0 Å². The molecular weight excluding hydrogens is 256 g/mol. The largest absolute Gasteiger partial charge is 0.505 e. The minimum atomic E-state index is -3.07. The predicted octanol–water partition coefficient (Wildman–Crippen LogP) is 0.0942. The van der Waals surface area contributed by atoms with Crippen LogP contribution in [-0.2, 0) is 9.84 Å². The Bertz CT molecular complexity index is 556. The van der Waals surface area contributed by atoms with E-state index in [2.05, 4.69) is 10.3 Å². The van der Waals surface area contributed by atoms with E-state index in [9.17, 15) is 18.3 Å². The van der Waals surface area contributed by atoms with Gasteiger partial charge in [0.2, 0.25) is 0 Å². The molecular formula is C11H14N2O4S. The second-order valence-electron chi connectivity index (χ2n) is 4.30. The number of nitrogens with zero attached hydrogens (tertiary/aromatic N) is 1. The lowest BCUT2D eigenvalue weighted by molar-refractivity contribution is 0.0930. The van der Waals surface area contributed by atoms with Crippen molar-refractivity contribution in [2.24, 2.45) is 0 Å². The summed E-state index contributed by atoms with van der Waals surface area (Å²) in [5.41, 5.74) is -0.0829. The van der Waals surface area contributed by atoms with Crippen LogP contribution in [0.3, 0.4) is 0 Å². The Morgan fingerprint density at radius 1 is 1.50 bits per heavy atom. The van der Waals surface area contributed by atoms with Crippen LogP contribution in [0.1, 0.15) is 23.3 Å². The van der Waals surface area contributed by atoms with Crippen molar-refractivity contribution in [3.05, 3.63) is 24.0 Å². The summed E-state index contributed by atoms with van der Waals surface area (Å²) in [6.45, 7) is 0. The van der Waals surface area contributed by atoms with E-state index in [0.717, 1.165) is 0 Å². The van der Waals surface area contributed by atoms with Crippen LogP contribution in [0.4, 0.5) is 0 Å². The summed E-state index contributed by atoms with van der Waals surface area (Å²) in [7, 11) is -3.07. The van der Waals surface area contributed by atoms with Gasteiger partial charge < -0.3 is 10.4 Å². The van der Waals surface area contributed by atoms with Gasteiger partial charge in [-0.3, -0.25) is 4.79 Å². The van der Waals surface area contributed by atoms with Crippen molar-refractivity contribution < 1.29 is 18.3 Å². The molecule has 7 heteroatoms. The fourth-order valence-electron chi connectivity index (χ4n) is 1.96. The van der Waals surface area contributed by atoms with Crippen LogP contribution >= 0.6 is 0 Å². The van der Waals surface area contributed by atoms with Crippen molar-refractivity contribution in [2.45, 2.75) is 18.9 Å². The molecule has 1 aliphatic rings. The van der Waals surface area contributed by atoms with E-state index in [-0.39, 0.29) is 22.9 Å². The Hall–Kier alpha value is -1.63. The first kappa shape index (κ1) is 12.8. The third kappa shape index (κ3) is 2.98. The molecule has 0 radical (unpaired) electrons. The van der Waals surface area contributed by atoms with Gasteiger partial charge in [0.25, 0.3) is 5.91 Å². The quantitative estimate of drug-likeness (QED) is 0.794. The molecule has 0 bridgehead atoms. The van der Waals surface area contributed by atoms with Gasteiger partial charge in [-0.2, -0.15) is 0 Å². The average Bonchev–Trinajstić information content (AvgIpc) is 2.28. The zero-order valence-electron chi connectivity index (χ0n) is 9.67. The molecule has 98 valence electrons. The summed E-state index contributed by atoms with van der Waals surface area (Å²) < 4.78 is 22.9. The van der Waals surface area contributed by atoms with Crippen LogP contribution in [0.2, 0.25) is 0 Å². The molecule has 1 aromatic rings. The first-order valence-electron chi connectivity index (χ1n) is 5.63. The van der Waals surface area contributed by atoms with E-state index in [4.69, 9.17) is 0 Å². The number of amides is 1. The van der Waals surface area contributed by atoms with Crippen molar-refractivity contribution in [1.82, 2.24) is 10.3 Å². The number of rotatable bonds is 2. The number of aromatic nitrogens is 1. The van der Waals surface area contributed by atoms with E-state index in [1.807, 2.05) is 0 Å². The van der Waals surface area contributed by atoms with Crippen molar-refractivity contribution in [1.29, 1.82) is 0 Å².